The molecular weight excluding hydrogens is 306 g/mol. The third-order valence-electron chi connectivity index (χ3n) is 3.23. The van der Waals surface area contributed by atoms with E-state index in [4.69, 9.17) is 31.8 Å². The number of nitrogens with zero attached hydrogens (tertiary/aromatic N) is 2. The van der Waals surface area contributed by atoms with Crippen LogP contribution in [0, 0.1) is 13.8 Å². The number of oxime groups is 1. The second kappa shape index (κ2) is 6.70. The Morgan fingerprint density at radius 1 is 1.45 bits per heavy atom. The summed E-state index contributed by atoms with van der Waals surface area (Å²) in [5.74, 6) is 1.18. The largest absolute Gasteiger partial charge is 0.481 e. The fourth-order valence-electron chi connectivity index (χ4n) is 2.11. The van der Waals surface area contributed by atoms with Crippen molar-refractivity contribution in [3.05, 3.63) is 45.8 Å². The number of ether oxygens (including phenoxy) is 1. The van der Waals surface area contributed by atoms with Crippen molar-refractivity contribution in [2.45, 2.75) is 33.3 Å². The van der Waals surface area contributed by atoms with Crippen molar-refractivity contribution in [3.8, 4) is 5.75 Å². The quantitative estimate of drug-likeness (QED) is 0.379. The van der Waals surface area contributed by atoms with Crippen LogP contribution in [0.1, 0.15) is 42.0 Å². The molecule has 0 radical (unpaired) electrons. The predicted molar refractivity (Wildman–Crippen MR) is 83.6 cm³/mol. The topological polar surface area (TPSA) is 93.9 Å². The smallest absolute Gasteiger partial charge is 0.177 e. The fraction of sp³-hybridized carbons (Fsp3) is 0.333. The van der Waals surface area contributed by atoms with Crippen LogP contribution < -0.4 is 10.5 Å². The van der Waals surface area contributed by atoms with Gasteiger partial charge in [-0.2, -0.15) is 0 Å². The van der Waals surface area contributed by atoms with E-state index in [0.717, 1.165) is 11.3 Å². The van der Waals surface area contributed by atoms with Crippen molar-refractivity contribution in [2.75, 3.05) is 0 Å². The SMILES string of the molecule is CCC(Oc1c(C)cc(C(N)=NO)cc1Cl)c1cc(C)no1. The minimum Gasteiger partial charge on any atom is -0.481 e. The lowest BCUT2D eigenvalue weighted by Crippen LogP contribution is -2.14. The number of benzene rings is 1. The number of rotatable bonds is 5. The van der Waals surface area contributed by atoms with Gasteiger partial charge in [0.2, 0.25) is 0 Å². The van der Waals surface area contributed by atoms with E-state index in [-0.39, 0.29) is 11.9 Å². The number of hydrogen-bond donors (Lipinski definition) is 2. The summed E-state index contributed by atoms with van der Waals surface area (Å²) in [6.07, 6.45) is 0.416. The molecule has 0 saturated heterocycles. The Kier molecular flexibility index (Phi) is 4.92. The first-order chi connectivity index (χ1) is 10.5. The second-order valence-electron chi connectivity index (χ2n) is 4.97. The van der Waals surface area contributed by atoms with Crippen LogP contribution in [0.3, 0.4) is 0 Å². The maximum absolute atomic E-state index is 8.74. The van der Waals surface area contributed by atoms with E-state index in [2.05, 4.69) is 10.3 Å². The molecule has 22 heavy (non-hydrogen) atoms. The van der Waals surface area contributed by atoms with E-state index >= 15 is 0 Å². The van der Waals surface area contributed by atoms with Gasteiger partial charge in [-0.05, 0) is 38.0 Å². The summed E-state index contributed by atoms with van der Waals surface area (Å²) in [5, 5.41) is 16.0. The summed E-state index contributed by atoms with van der Waals surface area (Å²) in [4.78, 5) is 0. The zero-order valence-electron chi connectivity index (χ0n) is 12.6. The van der Waals surface area contributed by atoms with Gasteiger partial charge in [0.05, 0.1) is 10.7 Å². The standard InChI is InChI=1S/C15H18ClN3O3/c1-4-12(13-6-9(3)19-22-13)21-14-8(2)5-10(7-11(14)16)15(17)18-20/h5-7,12,20H,4H2,1-3H3,(H2,17,18). The molecule has 0 aliphatic carbocycles. The van der Waals surface area contributed by atoms with E-state index in [1.165, 1.54) is 0 Å². The van der Waals surface area contributed by atoms with Crippen LogP contribution in [0.2, 0.25) is 5.02 Å². The first kappa shape index (κ1) is 16.2. The average molecular weight is 324 g/mol. The molecule has 1 unspecified atom stereocenters. The lowest BCUT2D eigenvalue weighted by atomic mass is 10.1. The van der Waals surface area contributed by atoms with Crippen LogP contribution in [-0.2, 0) is 0 Å². The number of amidine groups is 1. The zero-order valence-corrected chi connectivity index (χ0v) is 13.4. The number of aromatic nitrogens is 1. The minimum atomic E-state index is -0.285. The van der Waals surface area contributed by atoms with Crippen molar-refractivity contribution < 1.29 is 14.5 Å². The molecule has 1 heterocycles. The Hall–Kier alpha value is -2.21. The molecule has 0 aliphatic heterocycles. The molecule has 0 aliphatic rings. The highest BCUT2D eigenvalue weighted by Crippen LogP contribution is 2.34. The van der Waals surface area contributed by atoms with Crippen LogP contribution >= 0.6 is 11.6 Å². The van der Waals surface area contributed by atoms with Gasteiger partial charge in [0, 0.05) is 11.6 Å². The molecule has 2 rings (SSSR count). The van der Waals surface area contributed by atoms with Gasteiger partial charge in [-0.25, -0.2) is 0 Å². The first-order valence-corrected chi connectivity index (χ1v) is 7.22. The van der Waals surface area contributed by atoms with Crippen molar-refractivity contribution in [1.82, 2.24) is 5.16 Å². The van der Waals surface area contributed by atoms with E-state index in [1.807, 2.05) is 26.8 Å². The maximum atomic E-state index is 8.74. The van der Waals surface area contributed by atoms with E-state index < -0.39 is 0 Å². The molecule has 3 N–H and O–H groups in total. The molecule has 118 valence electrons. The van der Waals surface area contributed by atoms with E-state index in [1.54, 1.807) is 12.1 Å². The minimum absolute atomic E-state index is 0.00514. The Morgan fingerprint density at radius 2 is 2.18 bits per heavy atom. The van der Waals surface area contributed by atoms with Crippen LogP contribution in [0.25, 0.3) is 0 Å². The molecule has 2 aromatic rings. The number of aryl methyl sites for hydroxylation is 2. The van der Waals surface area contributed by atoms with E-state index in [0.29, 0.717) is 28.5 Å². The molecule has 1 aromatic carbocycles. The predicted octanol–water partition coefficient (Wildman–Crippen LogP) is 3.57. The highest BCUT2D eigenvalue weighted by molar-refractivity contribution is 6.32. The van der Waals surface area contributed by atoms with Crippen LogP contribution in [-0.4, -0.2) is 16.2 Å². The van der Waals surface area contributed by atoms with Crippen molar-refractivity contribution in [1.29, 1.82) is 0 Å². The second-order valence-corrected chi connectivity index (χ2v) is 5.38. The normalized spacial score (nSPS) is 13.2. The third-order valence-corrected chi connectivity index (χ3v) is 3.51. The molecule has 0 bridgehead atoms. The van der Waals surface area contributed by atoms with Crippen molar-refractivity contribution >= 4 is 17.4 Å². The van der Waals surface area contributed by atoms with Gasteiger partial charge in [0.25, 0.3) is 0 Å². The van der Waals surface area contributed by atoms with Gasteiger partial charge in [-0.3, -0.25) is 0 Å². The molecule has 1 atom stereocenters. The third kappa shape index (κ3) is 3.33. The van der Waals surface area contributed by atoms with Gasteiger partial charge in [-0.1, -0.05) is 28.8 Å². The molecule has 6 nitrogen and oxygen atoms in total. The highest BCUT2D eigenvalue weighted by atomic mass is 35.5. The monoisotopic (exact) mass is 323 g/mol. The molecule has 7 heteroatoms. The van der Waals surface area contributed by atoms with Gasteiger partial charge < -0.3 is 20.2 Å². The van der Waals surface area contributed by atoms with Crippen molar-refractivity contribution in [2.24, 2.45) is 10.9 Å². The van der Waals surface area contributed by atoms with Crippen LogP contribution in [0.5, 0.6) is 5.75 Å². The molecule has 0 saturated carbocycles. The molecule has 1 aromatic heterocycles. The Labute approximate surface area is 133 Å². The van der Waals surface area contributed by atoms with Crippen molar-refractivity contribution in [3.63, 3.8) is 0 Å². The maximum Gasteiger partial charge on any atom is 0.177 e. The summed E-state index contributed by atoms with van der Waals surface area (Å²) >= 11 is 6.27. The van der Waals surface area contributed by atoms with E-state index in [9.17, 15) is 0 Å². The number of halogens is 1. The summed E-state index contributed by atoms with van der Waals surface area (Å²) in [5.41, 5.74) is 7.68. The first-order valence-electron chi connectivity index (χ1n) is 6.84. The number of hydrogen-bond acceptors (Lipinski definition) is 5. The van der Waals surface area contributed by atoms with Crippen LogP contribution in [0.15, 0.2) is 27.9 Å². The Bertz CT molecular complexity index is 674. The average Bonchev–Trinajstić information content (AvgIpc) is 2.92. The lowest BCUT2D eigenvalue weighted by Gasteiger charge is -2.18. The Morgan fingerprint density at radius 3 is 2.68 bits per heavy atom. The van der Waals surface area contributed by atoms with Crippen LogP contribution in [0.4, 0.5) is 0 Å². The summed E-state index contributed by atoms with van der Waals surface area (Å²) in [6, 6.07) is 5.17. The zero-order chi connectivity index (χ0) is 16.3. The molecule has 0 spiro atoms. The molecular formula is C15H18ClN3O3. The van der Waals surface area contributed by atoms with Gasteiger partial charge in [0.15, 0.2) is 17.7 Å². The number of nitrogens with two attached hydrogens (primary N) is 1. The summed E-state index contributed by atoms with van der Waals surface area (Å²) in [7, 11) is 0. The summed E-state index contributed by atoms with van der Waals surface area (Å²) < 4.78 is 11.2. The van der Waals surface area contributed by atoms with Gasteiger partial charge >= 0.3 is 0 Å². The molecule has 0 amide bonds. The summed E-state index contributed by atoms with van der Waals surface area (Å²) in [6.45, 7) is 5.67. The van der Waals surface area contributed by atoms with Gasteiger partial charge in [-0.15, -0.1) is 0 Å². The highest BCUT2D eigenvalue weighted by Gasteiger charge is 2.20. The molecule has 0 fully saturated rings. The lowest BCUT2D eigenvalue weighted by molar-refractivity contribution is 0.159. The fourth-order valence-corrected chi connectivity index (χ4v) is 2.42. The van der Waals surface area contributed by atoms with Gasteiger partial charge in [0.1, 0.15) is 5.75 Å². The Balaban J connectivity index is 2.32.